The predicted molar refractivity (Wildman–Crippen MR) is 73.7 cm³/mol. The highest BCUT2D eigenvalue weighted by Crippen LogP contribution is 2.18. The third kappa shape index (κ3) is 4.17. The highest BCUT2D eigenvalue weighted by molar-refractivity contribution is 5.92. The van der Waals surface area contributed by atoms with Gasteiger partial charge in [0.15, 0.2) is 0 Å². The molecule has 1 aliphatic carbocycles. The number of hydrogen-bond acceptors (Lipinski definition) is 3. The first-order chi connectivity index (χ1) is 9.04. The number of likely N-dealkylation sites (N-methyl/N-ethyl adjacent to an activating group) is 1. The minimum atomic E-state index is -0.337. The van der Waals surface area contributed by atoms with Crippen LogP contribution in [0, 0.1) is 0 Å². The number of nitrogens with one attached hydrogen (secondary N) is 2. The van der Waals surface area contributed by atoms with Crippen molar-refractivity contribution in [3.05, 3.63) is 24.3 Å². The van der Waals surface area contributed by atoms with Gasteiger partial charge in [0, 0.05) is 24.5 Å². The Morgan fingerprint density at radius 1 is 1.42 bits per heavy atom. The summed E-state index contributed by atoms with van der Waals surface area (Å²) >= 11 is 0. The minimum absolute atomic E-state index is 0.0463. The standard InChI is InChI=1S/C13H18N4O2/c1-17(8-12(18)15-10-5-6-10)13(19)16-11-4-2-3-9(14)7-11/h2-4,7,10H,5-6,8,14H2,1H3,(H,15,18)(H,16,19). The van der Waals surface area contributed by atoms with Crippen LogP contribution < -0.4 is 16.4 Å². The van der Waals surface area contributed by atoms with Crippen molar-refractivity contribution < 1.29 is 9.59 Å². The number of carbonyl (C=O) groups is 2. The second-order valence-electron chi connectivity index (χ2n) is 4.75. The first-order valence-corrected chi connectivity index (χ1v) is 6.21. The lowest BCUT2D eigenvalue weighted by atomic mass is 10.3. The van der Waals surface area contributed by atoms with Crippen LogP contribution in [0.15, 0.2) is 24.3 Å². The molecule has 0 aliphatic heterocycles. The van der Waals surface area contributed by atoms with Gasteiger partial charge in [-0.3, -0.25) is 4.79 Å². The van der Waals surface area contributed by atoms with Gasteiger partial charge in [0.2, 0.25) is 5.91 Å². The number of hydrogen-bond donors (Lipinski definition) is 3. The molecule has 102 valence electrons. The Morgan fingerprint density at radius 3 is 2.79 bits per heavy atom. The van der Waals surface area contributed by atoms with Crippen LogP contribution in [0.3, 0.4) is 0 Å². The van der Waals surface area contributed by atoms with Crippen molar-refractivity contribution in [2.24, 2.45) is 0 Å². The zero-order chi connectivity index (χ0) is 13.8. The van der Waals surface area contributed by atoms with Gasteiger partial charge in [0.1, 0.15) is 6.54 Å². The Morgan fingerprint density at radius 2 is 2.16 bits per heavy atom. The molecule has 0 bridgehead atoms. The molecule has 3 amide bonds. The zero-order valence-electron chi connectivity index (χ0n) is 10.8. The maximum absolute atomic E-state index is 11.9. The molecule has 2 rings (SSSR count). The van der Waals surface area contributed by atoms with E-state index < -0.39 is 0 Å². The first kappa shape index (κ1) is 13.2. The lowest BCUT2D eigenvalue weighted by Crippen LogP contribution is -2.41. The van der Waals surface area contributed by atoms with Crippen molar-refractivity contribution in [3.8, 4) is 0 Å². The van der Waals surface area contributed by atoms with Gasteiger partial charge < -0.3 is 21.3 Å². The van der Waals surface area contributed by atoms with Crippen molar-refractivity contribution in [1.29, 1.82) is 0 Å². The Labute approximate surface area is 112 Å². The summed E-state index contributed by atoms with van der Waals surface area (Å²) in [6, 6.07) is 6.87. The number of nitrogen functional groups attached to an aromatic ring is 1. The molecule has 19 heavy (non-hydrogen) atoms. The minimum Gasteiger partial charge on any atom is -0.399 e. The lowest BCUT2D eigenvalue weighted by Gasteiger charge is -2.17. The summed E-state index contributed by atoms with van der Waals surface area (Å²) in [7, 11) is 1.58. The van der Waals surface area contributed by atoms with Gasteiger partial charge in [-0.05, 0) is 31.0 Å². The molecule has 4 N–H and O–H groups in total. The molecule has 1 aromatic carbocycles. The average molecular weight is 262 g/mol. The summed E-state index contributed by atoms with van der Waals surface area (Å²) < 4.78 is 0. The molecule has 0 spiro atoms. The Balaban J connectivity index is 1.82. The summed E-state index contributed by atoms with van der Waals surface area (Å²) in [5, 5.41) is 5.52. The molecule has 0 atom stereocenters. The highest BCUT2D eigenvalue weighted by atomic mass is 16.2. The van der Waals surface area contributed by atoms with Crippen molar-refractivity contribution >= 4 is 23.3 Å². The third-order valence-electron chi connectivity index (χ3n) is 2.81. The quantitative estimate of drug-likeness (QED) is 0.708. The van der Waals surface area contributed by atoms with Gasteiger partial charge in [0.05, 0.1) is 0 Å². The van der Waals surface area contributed by atoms with Gasteiger partial charge in [-0.25, -0.2) is 4.79 Å². The Hall–Kier alpha value is -2.24. The van der Waals surface area contributed by atoms with E-state index in [1.54, 1.807) is 31.3 Å². The fourth-order valence-electron chi connectivity index (χ4n) is 1.62. The average Bonchev–Trinajstić information content (AvgIpc) is 3.12. The summed E-state index contributed by atoms with van der Waals surface area (Å²) in [6.07, 6.45) is 2.07. The van der Waals surface area contributed by atoms with Crippen LogP contribution in [0.4, 0.5) is 16.2 Å². The fourth-order valence-corrected chi connectivity index (χ4v) is 1.62. The second-order valence-corrected chi connectivity index (χ2v) is 4.75. The molecule has 1 aromatic rings. The van der Waals surface area contributed by atoms with Gasteiger partial charge in [-0.15, -0.1) is 0 Å². The van der Waals surface area contributed by atoms with Gasteiger partial charge >= 0.3 is 6.03 Å². The van der Waals surface area contributed by atoms with Crippen molar-refractivity contribution in [3.63, 3.8) is 0 Å². The number of benzene rings is 1. The van der Waals surface area contributed by atoms with Crippen molar-refractivity contribution in [2.75, 3.05) is 24.6 Å². The van der Waals surface area contributed by atoms with E-state index in [-0.39, 0.29) is 18.5 Å². The van der Waals surface area contributed by atoms with Crippen LogP contribution >= 0.6 is 0 Å². The van der Waals surface area contributed by atoms with Crippen LogP contribution in [0.5, 0.6) is 0 Å². The van der Waals surface area contributed by atoms with Crippen molar-refractivity contribution in [2.45, 2.75) is 18.9 Å². The highest BCUT2D eigenvalue weighted by Gasteiger charge is 2.24. The number of urea groups is 1. The number of rotatable bonds is 4. The number of anilines is 2. The molecule has 6 nitrogen and oxygen atoms in total. The third-order valence-corrected chi connectivity index (χ3v) is 2.81. The van der Waals surface area contributed by atoms with E-state index in [1.807, 2.05) is 0 Å². The van der Waals surface area contributed by atoms with Gasteiger partial charge in [-0.1, -0.05) is 6.07 Å². The largest absolute Gasteiger partial charge is 0.399 e. The second kappa shape index (κ2) is 5.60. The van der Waals surface area contributed by atoms with Gasteiger partial charge in [0.25, 0.3) is 0 Å². The molecule has 0 radical (unpaired) electrons. The molecule has 1 fully saturated rings. The molecule has 1 aliphatic rings. The van der Waals surface area contributed by atoms with Crippen LogP contribution in [0.1, 0.15) is 12.8 Å². The molecule has 0 aromatic heterocycles. The molecular weight excluding hydrogens is 244 g/mol. The van der Waals surface area contributed by atoms with Crippen molar-refractivity contribution in [1.82, 2.24) is 10.2 Å². The van der Waals surface area contributed by atoms with Crippen LogP contribution in [-0.4, -0.2) is 36.5 Å². The molecule has 0 saturated heterocycles. The van der Waals surface area contributed by atoms with E-state index in [0.717, 1.165) is 12.8 Å². The molecule has 1 saturated carbocycles. The topological polar surface area (TPSA) is 87.5 Å². The molecular formula is C13H18N4O2. The maximum Gasteiger partial charge on any atom is 0.322 e. The summed E-state index contributed by atoms with van der Waals surface area (Å²) in [5.41, 5.74) is 6.81. The van der Waals surface area contributed by atoms with E-state index >= 15 is 0 Å². The smallest absolute Gasteiger partial charge is 0.322 e. The van der Waals surface area contributed by atoms with Gasteiger partial charge in [-0.2, -0.15) is 0 Å². The van der Waals surface area contributed by atoms with Crippen LogP contribution in [0.2, 0.25) is 0 Å². The molecule has 6 heteroatoms. The number of carbonyl (C=O) groups excluding carboxylic acids is 2. The molecule has 0 heterocycles. The number of nitrogens with two attached hydrogens (primary N) is 1. The molecule has 0 unspecified atom stereocenters. The maximum atomic E-state index is 11.9. The Kier molecular flexibility index (Phi) is 3.89. The lowest BCUT2D eigenvalue weighted by molar-refractivity contribution is -0.121. The first-order valence-electron chi connectivity index (χ1n) is 6.21. The summed E-state index contributed by atoms with van der Waals surface area (Å²) in [6.45, 7) is 0.0463. The predicted octanol–water partition coefficient (Wildman–Crippen LogP) is 1.01. The zero-order valence-corrected chi connectivity index (χ0v) is 10.8. The van der Waals surface area contributed by atoms with E-state index in [4.69, 9.17) is 5.73 Å². The fraction of sp³-hybridized carbons (Fsp3) is 0.385. The van der Waals surface area contributed by atoms with E-state index in [9.17, 15) is 9.59 Å². The number of nitrogens with zero attached hydrogens (tertiary/aromatic N) is 1. The normalized spacial score (nSPS) is 13.7. The van der Waals surface area contributed by atoms with Crippen LogP contribution in [0.25, 0.3) is 0 Å². The number of amides is 3. The Bertz CT molecular complexity index is 485. The summed E-state index contributed by atoms with van der Waals surface area (Å²) in [4.78, 5) is 24.8. The van der Waals surface area contributed by atoms with Crippen LogP contribution in [-0.2, 0) is 4.79 Å². The van der Waals surface area contributed by atoms with E-state index in [0.29, 0.717) is 17.4 Å². The summed E-state index contributed by atoms with van der Waals surface area (Å²) in [5.74, 6) is -0.132. The van der Waals surface area contributed by atoms with E-state index in [2.05, 4.69) is 10.6 Å². The van der Waals surface area contributed by atoms with E-state index in [1.165, 1.54) is 4.90 Å². The SMILES string of the molecule is CN(CC(=O)NC1CC1)C(=O)Nc1cccc(N)c1. The monoisotopic (exact) mass is 262 g/mol.